The zero-order valence-electron chi connectivity index (χ0n) is 11.2. The molecule has 0 amide bonds. The molecule has 1 N–H and O–H groups in total. The van der Waals surface area contributed by atoms with Gasteiger partial charge < -0.3 is 9.67 Å². The van der Waals surface area contributed by atoms with Crippen molar-refractivity contribution < 1.29 is 5.11 Å². The number of para-hydroxylation sites is 1. The van der Waals surface area contributed by atoms with Gasteiger partial charge in [-0.15, -0.1) is 0 Å². The molecule has 3 rings (SSSR count). The van der Waals surface area contributed by atoms with Gasteiger partial charge in [0.2, 0.25) is 0 Å². The number of phenols is 1. The van der Waals surface area contributed by atoms with Crippen LogP contribution in [-0.4, -0.2) is 26.1 Å². The molecule has 1 unspecified atom stereocenters. The van der Waals surface area contributed by atoms with Crippen LogP contribution in [0.3, 0.4) is 0 Å². The first-order chi connectivity index (χ1) is 9.29. The number of hydrogen-bond acceptors (Lipinski definition) is 3. The summed E-state index contributed by atoms with van der Waals surface area (Å²) < 4.78 is 2.20. The van der Waals surface area contributed by atoms with Gasteiger partial charge in [-0.05, 0) is 12.5 Å². The van der Waals surface area contributed by atoms with Gasteiger partial charge in [0.1, 0.15) is 11.6 Å². The summed E-state index contributed by atoms with van der Waals surface area (Å²) in [5.74, 6) is 1.50. The second-order valence-electron chi connectivity index (χ2n) is 4.99. The minimum atomic E-state index is 0.256. The number of hydrogen-bond donors (Lipinski definition) is 1. The Bertz CT molecular complexity index is 564. The predicted molar refractivity (Wildman–Crippen MR) is 73.8 cm³/mol. The molecule has 1 aromatic carbocycles. The molecule has 1 aliphatic heterocycles. The van der Waals surface area contributed by atoms with E-state index < -0.39 is 0 Å². The largest absolute Gasteiger partial charge is 0.508 e. The number of benzene rings is 1. The molecule has 2 aromatic rings. The summed E-state index contributed by atoms with van der Waals surface area (Å²) in [5, 5.41) is 10.1. The van der Waals surface area contributed by atoms with E-state index >= 15 is 0 Å². The second-order valence-corrected chi connectivity index (χ2v) is 4.99. The Labute approximate surface area is 113 Å². The van der Waals surface area contributed by atoms with E-state index in [9.17, 15) is 5.11 Å². The van der Waals surface area contributed by atoms with Crippen LogP contribution in [0.15, 0.2) is 36.7 Å². The smallest absolute Gasteiger partial charge is 0.122 e. The Morgan fingerprint density at radius 3 is 2.95 bits per heavy atom. The van der Waals surface area contributed by atoms with Gasteiger partial charge in [-0.25, -0.2) is 4.98 Å². The number of imidazole rings is 1. The first kappa shape index (κ1) is 12.2. The van der Waals surface area contributed by atoms with Crippen LogP contribution in [0.2, 0.25) is 0 Å². The van der Waals surface area contributed by atoms with E-state index in [-0.39, 0.29) is 6.04 Å². The number of rotatable bonds is 3. The Kier molecular flexibility index (Phi) is 3.25. The van der Waals surface area contributed by atoms with Crippen LogP contribution in [0.5, 0.6) is 5.75 Å². The molecule has 0 radical (unpaired) electrons. The van der Waals surface area contributed by atoms with Gasteiger partial charge in [0.25, 0.3) is 0 Å². The highest BCUT2D eigenvalue weighted by atomic mass is 16.3. The van der Waals surface area contributed by atoms with Gasteiger partial charge in [-0.3, -0.25) is 4.90 Å². The van der Waals surface area contributed by atoms with Crippen molar-refractivity contribution in [1.29, 1.82) is 0 Å². The van der Waals surface area contributed by atoms with E-state index in [4.69, 9.17) is 0 Å². The SMILES string of the molecule is CCC(c1ccccc1O)N1CCn2ccnc2C1. The molecule has 2 heterocycles. The second kappa shape index (κ2) is 5.05. The highest BCUT2D eigenvalue weighted by Crippen LogP contribution is 2.32. The zero-order valence-corrected chi connectivity index (χ0v) is 11.2. The van der Waals surface area contributed by atoms with Crippen molar-refractivity contribution >= 4 is 0 Å². The van der Waals surface area contributed by atoms with Crippen LogP contribution >= 0.6 is 0 Å². The van der Waals surface area contributed by atoms with E-state index in [2.05, 4.69) is 21.4 Å². The number of nitrogens with zero attached hydrogens (tertiary/aromatic N) is 3. The van der Waals surface area contributed by atoms with E-state index in [1.54, 1.807) is 6.07 Å². The normalized spacial score (nSPS) is 17.1. The van der Waals surface area contributed by atoms with E-state index in [1.165, 1.54) is 0 Å². The van der Waals surface area contributed by atoms with Gasteiger partial charge in [0.15, 0.2) is 0 Å². The number of aromatic hydroxyl groups is 1. The molecule has 4 heteroatoms. The predicted octanol–water partition coefficient (Wildman–Crippen LogP) is 2.56. The summed E-state index contributed by atoms with van der Waals surface area (Å²) in [6, 6.07) is 7.90. The molecule has 0 aliphatic carbocycles. The molecule has 19 heavy (non-hydrogen) atoms. The minimum absolute atomic E-state index is 0.256. The van der Waals surface area contributed by atoms with Crippen molar-refractivity contribution in [2.24, 2.45) is 0 Å². The Morgan fingerprint density at radius 1 is 1.32 bits per heavy atom. The van der Waals surface area contributed by atoms with Crippen molar-refractivity contribution in [3.05, 3.63) is 48.0 Å². The summed E-state index contributed by atoms with van der Waals surface area (Å²) in [6.45, 7) is 4.98. The van der Waals surface area contributed by atoms with Crippen molar-refractivity contribution in [3.63, 3.8) is 0 Å². The molecular weight excluding hydrogens is 238 g/mol. The first-order valence-corrected chi connectivity index (χ1v) is 6.81. The minimum Gasteiger partial charge on any atom is -0.508 e. The zero-order chi connectivity index (χ0) is 13.2. The van der Waals surface area contributed by atoms with E-state index in [0.717, 1.165) is 37.4 Å². The molecule has 100 valence electrons. The van der Waals surface area contributed by atoms with Crippen LogP contribution in [0.1, 0.15) is 30.8 Å². The average Bonchev–Trinajstić information content (AvgIpc) is 2.89. The van der Waals surface area contributed by atoms with Crippen LogP contribution in [0.4, 0.5) is 0 Å². The van der Waals surface area contributed by atoms with Gasteiger partial charge >= 0.3 is 0 Å². The molecule has 0 saturated carbocycles. The molecule has 1 aromatic heterocycles. The standard InChI is InChI=1S/C15H19N3O/c1-2-13(12-5-3-4-6-14(12)19)18-10-9-17-8-7-16-15(17)11-18/h3-8,13,19H,2,9-11H2,1H3. The fraction of sp³-hybridized carbons (Fsp3) is 0.400. The molecule has 0 spiro atoms. The van der Waals surface area contributed by atoms with Crippen LogP contribution in [-0.2, 0) is 13.1 Å². The van der Waals surface area contributed by atoms with Crippen molar-refractivity contribution in [1.82, 2.24) is 14.5 Å². The number of fused-ring (bicyclic) bond motifs is 1. The Balaban J connectivity index is 1.86. The quantitative estimate of drug-likeness (QED) is 0.918. The van der Waals surface area contributed by atoms with Gasteiger partial charge in [0.05, 0.1) is 6.54 Å². The average molecular weight is 257 g/mol. The fourth-order valence-electron chi connectivity index (χ4n) is 2.90. The summed E-state index contributed by atoms with van der Waals surface area (Å²) in [6.07, 6.45) is 4.88. The van der Waals surface area contributed by atoms with E-state index in [0.29, 0.717) is 5.75 Å². The van der Waals surface area contributed by atoms with Crippen molar-refractivity contribution in [2.45, 2.75) is 32.5 Å². The molecule has 0 fully saturated rings. The number of phenolic OH excluding ortho intramolecular Hbond substituents is 1. The molecule has 0 bridgehead atoms. The Morgan fingerprint density at radius 2 is 2.16 bits per heavy atom. The Hall–Kier alpha value is -1.81. The molecule has 1 aliphatic rings. The van der Waals surface area contributed by atoms with Crippen molar-refractivity contribution in [2.75, 3.05) is 6.54 Å². The van der Waals surface area contributed by atoms with Crippen LogP contribution in [0, 0.1) is 0 Å². The number of aromatic nitrogens is 2. The third-order valence-corrected chi connectivity index (χ3v) is 3.90. The monoisotopic (exact) mass is 257 g/mol. The van der Waals surface area contributed by atoms with Crippen molar-refractivity contribution in [3.8, 4) is 5.75 Å². The van der Waals surface area contributed by atoms with Crippen LogP contribution < -0.4 is 0 Å². The van der Waals surface area contributed by atoms with E-state index in [1.807, 2.05) is 30.6 Å². The van der Waals surface area contributed by atoms with Crippen LogP contribution in [0.25, 0.3) is 0 Å². The molecule has 4 nitrogen and oxygen atoms in total. The summed E-state index contributed by atoms with van der Waals surface area (Å²) in [5.41, 5.74) is 1.02. The highest BCUT2D eigenvalue weighted by molar-refractivity contribution is 5.34. The lowest BCUT2D eigenvalue weighted by Crippen LogP contribution is -2.36. The maximum atomic E-state index is 10.1. The lowest BCUT2D eigenvalue weighted by molar-refractivity contribution is 0.146. The third kappa shape index (κ3) is 2.24. The molecule has 1 atom stereocenters. The maximum absolute atomic E-state index is 10.1. The molecular formula is C15H19N3O. The van der Waals surface area contributed by atoms with Gasteiger partial charge in [0, 0.05) is 37.1 Å². The topological polar surface area (TPSA) is 41.3 Å². The lowest BCUT2D eigenvalue weighted by atomic mass is 10.0. The molecule has 0 saturated heterocycles. The first-order valence-electron chi connectivity index (χ1n) is 6.81. The summed E-state index contributed by atoms with van der Waals surface area (Å²) in [4.78, 5) is 6.80. The highest BCUT2D eigenvalue weighted by Gasteiger charge is 2.25. The van der Waals surface area contributed by atoms with Gasteiger partial charge in [-0.2, -0.15) is 0 Å². The fourth-order valence-corrected chi connectivity index (χ4v) is 2.90. The van der Waals surface area contributed by atoms with Gasteiger partial charge in [-0.1, -0.05) is 25.1 Å². The maximum Gasteiger partial charge on any atom is 0.122 e. The lowest BCUT2D eigenvalue weighted by Gasteiger charge is -2.34. The summed E-state index contributed by atoms with van der Waals surface area (Å²) >= 11 is 0. The third-order valence-electron chi connectivity index (χ3n) is 3.90. The summed E-state index contributed by atoms with van der Waals surface area (Å²) in [7, 11) is 0.